The van der Waals surface area contributed by atoms with Gasteiger partial charge in [0.15, 0.2) is 17.2 Å². The van der Waals surface area contributed by atoms with Crippen molar-refractivity contribution in [3.05, 3.63) is 63.4 Å². The lowest BCUT2D eigenvalue weighted by atomic mass is 10.2. The molecule has 0 aliphatic heterocycles. The smallest absolute Gasteiger partial charge is 0.403 e. The molecule has 4 aromatic rings. The number of fused-ring (bicyclic) bond motifs is 3. The van der Waals surface area contributed by atoms with Crippen molar-refractivity contribution >= 4 is 32.6 Å². The first kappa shape index (κ1) is 20.8. The third-order valence-corrected chi connectivity index (χ3v) is 5.61. The molecule has 3 heterocycles. The highest BCUT2D eigenvalue weighted by Gasteiger charge is 2.32. The first-order valence-electron chi connectivity index (χ1n) is 8.85. The summed E-state index contributed by atoms with van der Waals surface area (Å²) in [5, 5.41) is 5.39. The van der Waals surface area contributed by atoms with E-state index >= 15 is 0 Å². The van der Waals surface area contributed by atoms with Crippen molar-refractivity contribution in [1.82, 2.24) is 19.3 Å². The van der Waals surface area contributed by atoms with Crippen LogP contribution in [0.2, 0.25) is 0 Å². The molecule has 0 aliphatic carbocycles. The quantitative estimate of drug-likeness (QED) is 0.468. The minimum Gasteiger partial charge on any atom is -0.403 e. The molecule has 0 amide bonds. The Morgan fingerprint density at radius 3 is 2.77 bits per heavy atom. The van der Waals surface area contributed by atoms with Crippen LogP contribution in [-0.2, 0) is 20.0 Å². The lowest BCUT2D eigenvalue weighted by molar-refractivity contribution is -0.275. The molecular weight excluding hydrogens is 438 g/mol. The Balaban J connectivity index is 1.76. The van der Waals surface area contributed by atoms with Crippen LogP contribution in [0.5, 0.6) is 5.75 Å². The molecule has 0 radical (unpaired) electrons. The molecule has 4 rings (SSSR count). The number of aromatic nitrogens is 4. The Morgan fingerprint density at radius 2 is 2.10 bits per heavy atom. The molecule has 0 aliphatic rings. The van der Waals surface area contributed by atoms with Gasteiger partial charge in [0.2, 0.25) is 0 Å². The molecule has 31 heavy (non-hydrogen) atoms. The molecular formula is C19H15F4N5O2S. The van der Waals surface area contributed by atoms with Crippen molar-refractivity contribution in [3.8, 4) is 5.75 Å². The second kappa shape index (κ2) is 7.38. The molecule has 0 atom stereocenters. The van der Waals surface area contributed by atoms with Crippen LogP contribution >= 0.6 is 11.3 Å². The average Bonchev–Trinajstić information content (AvgIpc) is 3.17. The molecule has 0 saturated heterocycles. The zero-order valence-electron chi connectivity index (χ0n) is 16.0. The summed E-state index contributed by atoms with van der Waals surface area (Å²) in [6.07, 6.45) is -3.18. The molecule has 0 bridgehead atoms. The van der Waals surface area contributed by atoms with Gasteiger partial charge in [0.05, 0.1) is 17.4 Å². The first-order valence-corrected chi connectivity index (χ1v) is 9.67. The fourth-order valence-electron chi connectivity index (χ4n) is 3.26. The number of rotatable bonds is 5. The lowest BCUT2D eigenvalue weighted by Gasteiger charge is -2.12. The van der Waals surface area contributed by atoms with Crippen molar-refractivity contribution in [1.29, 1.82) is 0 Å². The third kappa shape index (κ3) is 3.85. The van der Waals surface area contributed by atoms with Crippen LogP contribution in [0, 0.1) is 5.82 Å². The molecule has 0 fully saturated rings. The van der Waals surface area contributed by atoms with Crippen LogP contribution in [0.4, 0.5) is 17.6 Å². The highest BCUT2D eigenvalue weighted by molar-refractivity contribution is 7.19. The third-order valence-electron chi connectivity index (χ3n) is 4.54. The van der Waals surface area contributed by atoms with Crippen LogP contribution in [0.1, 0.15) is 10.6 Å². The van der Waals surface area contributed by atoms with Crippen LogP contribution in [0.3, 0.4) is 0 Å². The van der Waals surface area contributed by atoms with Crippen LogP contribution < -0.4 is 16.0 Å². The molecule has 0 saturated carbocycles. The number of halogens is 4. The van der Waals surface area contributed by atoms with Gasteiger partial charge in [-0.3, -0.25) is 4.79 Å². The molecule has 162 valence electrons. The zero-order chi connectivity index (χ0) is 22.5. The van der Waals surface area contributed by atoms with E-state index in [0.717, 1.165) is 20.5 Å². The van der Waals surface area contributed by atoms with Gasteiger partial charge < -0.3 is 15.0 Å². The van der Waals surface area contributed by atoms with Gasteiger partial charge in [0.25, 0.3) is 5.56 Å². The summed E-state index contributed by atoms with van der Waals surface area (Å²) in [7, 11) is 1.66. The summed E-state index contributed by atoms with van der Waals surface area (Å²) >= 11 is 1.36. The number of nitrogens with two attached hydrogens (primary N) is 1. The van der Waals surface area contributed by atoms with Crippen molar-refractivity contribution in [3.63, 3.8) is 0 Å². The van der Waals surface area contributed by atoms with Gasteiger partial charge in [0.1, 0.15) is 10.5 Å². The van der Waals surface area contributed by atoms with E-state index in [1.54, 1.807) is 11.6 Å². The second-order valence-corrected chi connectivity index (χ2v) is 7.88. The van der Waals surface area contributed by atoms with Gasteiger partial charge in [-0.05, 0) is 6.07 Å². The number of benzene rings is 1. The van der Waals surface area contributed by atoms with E-state index in [9.17, 15) is 22.4 Å². The lowest BCUT2D eigenvalue weighted by Crippen LogP contribution is -2.25. The average molecular weight is 453 g/mol. The maximum Gasteiger partial charge on any atom is 0.573 e. The van der Waals surface area contributed by atoms with Gasteiger partial charge in [0, 0.05) is 30.1 Å². The van der Waals surface area contributed by atoms with Crippen LogP contribution in [0.15, 0.2) is 41.5 Å². The standard InChI is InChI=1S/C19H15F4N5O2S/c1-9(24)6-13-26-17-16(31-13)11-7-25-28(18(29)15(11)27(17)2)8-10-4-3-5-12(14(10)20)30-19(21,22)23/h3-5,7H,1,6,8,24H2,2H3. The number of alkyl halides is 3. The van der Waals surface area contributed by atoms with Gasteiger partial charge in [-0.1, -0.05) is 18.7 Å². The number of nitrogens with zero attached hydrogens (tertiary/aromatic N) is 4. The molecule has 0 spiro atoms. The van der Waals surface area contributed by atoms with Crippen molar-refractivity contribution in [2.75, 3.05) is 0 Å². The van der Waals surface area contributed by atoms with Gasteiger partial charge in [-0.25, -0.2) is 14.1 Å². The number of ether oxygens (including phenoxy) is 1. The molecule has 12 heteroatoms. The minimum absolute atomic E-state index is 0.173. The maximum absolute atomic E-state index is 14.5. The van der Waals surface area contributed by atoms with Gasteiger partial charge >= 0.3 is 6.36 Å². The van der Waals surface area contributed by atoms with Crippen LogP contribution in [0.25, 0.3) is 21.3 Å². The Bertz CT molecular complexity index is 1390. The molecule has 1 aromatic carbocycles. The highest BCUT2D eigenvalue weighted by Crippen LogP contribution is 2.31. The largest absolute Gasteiger partial charge is 0.573 e. The topological polar surface area (TPSA) is 88.0 Å². The summed E-state index contributed by atoms with van der Waals surface area (Å²) < 4.78 is 58.9. The van der Waals surface area contributed by atoms with Gasteiger partial charge in [-0.2, -0.15) is 5.10 Å². The normalized spacial score (nSPS) is 12.0. The number of hydrogen-bond acceptors (Lipinski definition) is 6. The minimum atomic E-state index is -5.04. The summed E-state index contributed by atoms with van der Waals surface area (Å²) in [6.45, 7) is 3.28. The van der Waals surface area contributed by atoms with Crippen molar-refractivity contribution in [2.24, 2.45) is 12.8 Å². The van der Waals surface area contributed by atoms with Crippen LogP contribution in [-0.4, -0.2) is 25.7 Å². The predicted octanol–water partition coefficient (Wildman–Crippen LogP) is 3.45. The van der Waals surface area contributed by atoms with E-state index in [2.05, 4.69) is 21.4 Å². The van der Waals surface area contributed by atoms with E-state index in [1.807, 2.05) is 0 Å². The fourth-order valence-corrected chi connectivity index (χ4v) is 4.42. The number of allylic oxidation sites excluding steroid dienone is 1. The summed E-state index contributed by atoms with van der Waals surface area (Å²) in [5.74, 6) is -2.19. The molecule has 2 N–H and O–H groups in total. The number of aryl methyl sites for hydroxylation is 1. The second-order valence-electron chi connectivity index (χ2n) is 6.80. The van der Waals surface area contributed by atoms with Crippen molar-refractivity contribution < 1.29 is 22.3 Å². The van der Waals surface area contributed by atoms with E-state index < -0.39 is 23.5 Å². The Morgan fingerprint density at radius 1 is 1.35 bits per heavy atom. The predicted molar refractivity (Wildman–Crippen MR) is 107 cm³/mol. The zero-order valence-corrected chi connectivity index (χ0v) is 16.9. The summed E-state index contributed by atoms with van der Waals surface area (Å²) in [4.78, 5) is 17.5. The monoisotopic (exact) mass is 453 g/mol. The summed E-state index contributed by atoms with van der Waals surface area (Å²) in [6, 6.07) is 3.32. The number of hydrogen-bond donors (Lipinski definition) is 1. The number of thiazole rings is 1. The SMILES string of the molecule is C=C(N)Cc1nc2c(s1)c1cnn(Cc3cccc(OC(F)(F)F)c3F)c(=O)c1n2C. The van der Waals surface area contributed by atoms with Crippen molar-refractivity contribution in [2.45, 2.75) is 19.3 Å². The Kier molecular flexibility index (Phi) is 4.96. The molecule has 3 aromatic heterocycles. The van der Waals surface area contributed by atoms with E-state index in [4.69, 9.17) is 5.73 Å². The van der Waals surface area contributed by atoms with E-state index in [-0.39, 0.29) is 12.1 Å². The van der Waals surface area contributed by atoms with E-state index in [1.165, 1.54) is 29.7 Å². The molecule has 0 unspecified atom stereocenters. The summed E-state index contributed by atoms with van der Waals surface area (Å²) in [5.41, 5.74) is 6.26. The highest BCUT2D eigenvalue weighted by atomic mass is 32.1. The molecule has 7 nitrogen and oxygen atoms in total. The van der Waals surface area contributed by atoms with E-state index in [0.29, 0.717) is 28.7 Å². The fraction of sp³-hybridized carbons (Fsp3) is 0.211. The van der Waals surface area contributed by atoms with Gasteiger partial charge in [-0.15, -0.1) is 24.5 Å². The Labute approximate surface area is 176 Å². The Hall–Kier alpha value is -3.41. The first-order chi connectivity index (χ1) is 14.5. The maximum atomic E-state index is 14.5.